The zero-order valence-electron chi connectivity index (χ0n) is 11.1. The van der Waals surface area contributed by atoms with E-state index in [-0.39, 0.29) is 5.41 Å². The zero-order chi connectivity index (χ0) is 12.2. The van der Waals surface area contributed by atoms with Crippen molar-refractivity contribution in [3.8, 4) is 0 Å². The Kier molecular flexibility index (Phi) is 4.77. The van der Waals surface area contributed by atoms with Crippen LogP contribution >= 0.6 is 0 Å². The lowest BCUT2D eigenvalue weighted by Gasteiger charge is -2.41. The van der Waals surface area contributed by atoms with Crippen molar-refractivity contribution < 1.29 is 5.11 Å². The molecule has 0 aromatic carbocycles. The van der Waals surface area contributed by atoms with Crippen molar-refractivity contribution >= 4 is 0 Å². The van der Waals surface area contributed by atoms with E-state index >= 15 is 0 Å². The van der Waals surface area contributed by atoms with Crippen LogP contribution in [0.5, 0.6) is 0 Å². The van der Waals surface area contributed by atoms with E-state index in [4.69, 9.17) is 5.73 Å². The van der Waals surface area contributed by atoms with Crippen LogP contribution in [0, 0.1) is 5.41 Å². The van der Waals surface area contributed by atoms with Crippen molar-refractivity contribution in [2.75, 3.05) is 26.2 Å². The van der Waals surface area contributed by atoms with Gasteiger partial charge in [-0.1, -0.05) is 13.8 Å². The third-order valence-corrected chi connectivity index (χ3v) is 4.43. The minimum absolute atomic E-state index is 0.281. The summed E-state index contributed by atoms with van der Waals surface area (Å²) in [6.45, 7) is 10.3. The third kappa shape index (κ3) is 3.44. The van der Waals surface area contributed by atoms with Crippen LogP contribution < -0.4 is 5.73 Å². The summed E-state index contributed by atoms with van der Waals surface area (Å²) in [5.41, 5.74) is 5.76. The molecule has 16 heavy (non-hydrogen) atoms. The van der Waals surface area contributed by atoms with Crippen LogP contribution in [0.15, 0.2) is 0 Å². The lowest BCUT2D eigenvalue weighted by Crippen LogP contribution is -2.48. The van der Waals surface area contributed by atoms with Gasteiger partial charge < -0.3 is 15.7 Å². The van der Waals surface area contributed by atoms with Crippen LogP contribution in [-0.4, -0.2) is 41.8 Å². The van der Waals surface area contributed by atoms with E-state index in [1.807, 2.05) is 6.92 Å². The molecule has 0 radical (unpaired) electrons. The molecule has 0 saturated carbocycles. The number of hydrogen-bond acceptors (Lipinski definition) is 3. The summed E-state index contributed by atoms with van der Waals surface area (Å²) in [6.07, 6.45) is 4.07. The lowest BCUT2D eigenvalue weighted by atomic mass is 9.81. The molecule has 0 unspecified atom stereocenters. The van der Waals surface area contributed by atoms with E-state index in [1.54, 1.807) is 0 Å². The van der Waals surface area contributed by atoms with E-state index in [2.05, 4.69) is 18.7 Å². The van der Waals surface area contributed by atoms with Crippen molar-refractivity contribution in [1.82, 2.24) is 4.90 Å². The lowest BCUT2D eigenvalue weighted by molar-refractivity contribution is -0.0161. The molecule has 0 spiro atoms. The highest BCUT2D eigenvalue weighted by atomic mass is 16.3. The summed E-state index contributed by atoms with van der Waals surface area (Å²) >= 11 is 0. The number of aliphatic hydroxyl groups is 1. The molecule has 3 N–H and O–H groups in total. The second-order valence-electron chi connectivity index (χ2n) is 5.68. The molecule has 0 bridgehead atoms. The number of rotatable bonds is 5. The van der Waals surface area contributed by atoms with Gasteiger partial charge in [0.1, 0.15) is 0 Å². The van der Waals surface area contributed by atoms with Gasteiger partial charge in [0.25, 0.3) is 0 Å². The molecule has 0 aromatic heterocycles. The van der Waals surface area contributed by atoms with Crippen LogP contribution in [0.25, 0.3) is 0 Å². The molecule has 0 amide bonds. The molecular formula is C13H28N2O. The minimum atomic E-state index is -0.444. The third-order valence-electron chi connectivity index (χ3n) is 4.43. The van der Waals surface area contributed by atoms with E-state index in [1.165, 1.54) is 0 Å². The molecule has 1 heterocycles. The Balaban J connectivity index is 2.48. The largest absolute Gasteiger partial charge is 0.390 e. The summed E-state index contributed by atoms with van der Waals surface area (Å²) in [7, 11) is 0. The predicted octanol–water partition coefficient (Wildman–Crippen LogP) is 1.60. The zero-order valence-corrected chi connectivity index (χ0v) is 11.1. The minimum Gasteiger partial charge on any atom is -0.390 e. The summed E-state index contributed by atoms with van der Waals surface area (Å²) in [5, 5.41) is 9.91. The topological polar surface area (TPSA) is 49.5 Å². The number of nitrogens with zero attached hydrogens (tertiary/aromatic N) is 1. The molecule has 3 heteroatoms. The molecule has 1 saturated heterocycles. The normalized spacial score (nSPS) is 22.3. The highest BCUT2D eigenvalue weighted by Gasteiger charge is 2.32. The maximum Gasteiger partial charge on any atom is 0.0644 e. The summed E-state index contributed by atoms with van der Waals surface area (Å²) in [4.78, 5) is 2.47. The number of piperidine rings is 1. The number of nitrogens with two attached hydrogens (primary N) is 1. The van der Waals surface area contributed by atoms with Crippen molar-refractivity contribution in [1.29, 1.82) is 0 Å². The Bertz CT molecular complexity index is 194. The first-order valence-electron chi connectivity index (χ1n) is 6.62. The van der Waals surface area contributed by atoms with E-state index in [9.17, 15) is 5.11 Å². The van der Waals surface area contributed by atoms with Gasteiger partial charge in [-0.3, -0.25) is 0 Å². The van der Waals surface area contributed by atoms with E-state index in [0.29, 0.717) is 0 Å². The predicted molar refractivity (Wildman–Crippen MR) is 68.4 cm³/mol. The van der Waals surface area contributed by atoms with Gasteiger partial charge in [0.05, 0.1) is 5.60 Å². The fourth-order valence-electron chi connectivity index (χ4n) is 2.49. The summed E-state index contributed by atoms with van der Waals surface area (Å²) in [5.74, 6) is 0. The monoisotopic (exact) mass is 228 g/mol. The second-order valence-corrected chi connectivity index (χ2v) is 5.68. The van der Waals surface area contributed by atoms with Crippen LogP contribution in [0.3, 0.4) is 0 Å². The molecular weight excluding hydrogens is 200 g/mol. The van der Waals surface area contributed by atoms with Crippen molar-refractivity contribution in [3.05, 3.63) is 0 Å². The molecule has 0 aromatic rings. The Morgan fingerprint density at radius 1 is 1.25 bits per heavy atom. The Morgan fingerprint density at radius 3 is 2.12 bits per heavy atom. The smallest absolute Gasteiger partial charge is 0.0644 e. The molecule has 1 aliphatic heterocycles. The SMILES string of the molecule is CCC(CC)(CN)CN1CCC(C)(O)CC1. The molecule has 0 aliphatic carbocycles. The van der Waals surface area contributed by atoms with Gasteiger partial charge in [0, 0.05) is 19.6 Å². The van der Waals surface area contributed by atoms with E-state index < -0.39 is 5.60 Å². The maximum absolute atomic E-state index is 9.91. The molecule has 3 nitrogen and oxygen atoms in total. The maximum atomic E-state index is 9.91. The van der Waals surface area contributed by atoms with Gasteiger partial charge in [-0.2, -0.15) is 0 Å². The number of likely N-dealkylation sites (tertiary alicyclic amines) is 1. The molecule has 1 fully saturated rings. The summed E-state index contributed by atoms with van der Waals surface area (Å²) < 4.78 is 0. The second kappa shape index (κ2) is 5.48. The Labute approximate surface area is 100 Å². The summed E-state index contributed by atoms with van der Waals surface area (Å²) in [6, 6.07) is 0. The van der Waals surface area contributed by atoms with Gasteiger partial charge in [-0.25, -0.2) is 0 Å². The molecule has 1 aliphatic rings. The van der Waals surface area contributed by atoms with Gasteiger partial charge in [0.2, 0.25) is 0 Å². The first-order chi connectivity index (χ1) is 7.47. The average molecular weight is 228 g/mol. The fourth-order valence-corrected chi connectivity index (χ4v) is 2.49. The van der Waals surface area contributed by atoms with Gasteiger partial charge >= 0.3 is 0 Å². The molecule has 96 valence electrons. The highest BCUT2D eigenvalue weighted by Crippen LogP contribution is 2.29. The van der Waals surface area contributed by atoms with Crippen molar-refractivity contribution in [2.24, 2.45) is 11.1 Å². The average Bonchev–Trinajstić information content (AvgIpc) is 2.29. The van der Waals surface area contributed by atoms with Crippen LogP contribution in [0.2, 0.25) is 0 Å². The van der Waals surface area contributed by atoms with Gasteiger partial charge in [-0.05, 0) is 44.6 Å². The van der Waals surface area contributed by atoms with Crippen LogP contribution in [-0.2, 0) is 0 Å². The van der Waals surface area contributed by atoms with Crippen LogP contribution in [0.4, 0.5) is 0 Å². The Hall–Kier alpha value is -0.120. The van der Waals surface area contributed by atoms with Gasteiger partial charge in [0.15, 0.2) is 0 Å². The number of hydrogen-bond donors (Lipinski definition) is 2. The van der Waals surface area contributed by atoms with Crippen molar-refractivity contribution in [2.45, 2.75) is 52.1 Å². The van der Waals surface area contributed by atoms with Crippen molar-refractivity contribution in [3.63, 3.8) is 0 Å². The first-order valence-corrected chi connectivity index (χ1v) is 6.62. The van der Waals surface area contributed by atoms with Gasteiger partial charge in [-0.15, -0.1) is 0 Å². The highest BCUT2D eigenvalue weighted by molar-refractivity contribution is 4.87. The quantitative estimate of drug-likeness (QED) is 0.751. The fraction of sp³-hybridized carbons (Fsp3) is 1.00. The van der Waals surface area contributed by atoms with Crippen LogP contribution in [0.1, 0.15) is 46.5 Å². The Morgan fingerprint density at radius 2 is 1.75 bits per heavy atom. The van der Waals surface area contributed by atoms with E-state index in [0.717, 1.165) is 51.9 Å². The molecule has 0 atom stereocenters. The molecule has 1 rings (SSSR count). The standard InChI is InChI=1S/C13H28N2O/c1-4-13(5-2,10-14)11-15-8-6-12(3,16)7-9-15/h16H,4-11,14H2,1-3H3. The first kappa shape index (κ1) is 13.9.